The van der Waals surface area contributed by atoms with Crippen LogP contribution in [-0.2, 0) is 9.84 Å². The molecule has 5 rings (SSSR count). The minimum absolute atomic E-state index is 0.188. The summed E-state index contributed by atoms with van der Waals surface area (Å²) in [6.07, 6.45) is 6.83. The van der Waals surface area contributed by atoms with E-state index in [9.17, 15) is 18.3 Å². The number of hydrogen-bond acceptors (Lipinski definition) is 4. The highest BCUT2D eigenvalue weighted by atomic mass is 35.5. The van der Waals surface area contributed by atoms with Crippen molar-refractivity contribution in [1.82, 2.24) is 9.55 Å². The molecule has 5 aromatic rings. The molecule has 1 heterocycles. The molecule has 200 valence electrons. The minimum atomic E-state index is -3.30. The number of nitrogens with zero attached hydrogens (tertiary/aromatic N) is 2. The SMILES string of the molecule is CS(=O)(=O)c1cccc(-c2ccc(C=Cc3nc(-c4ccc(Cl)c(Cl)c4)cn3-c3ccc(C(=O)O)cc3)cc2)c1. The van der Waals surface area contributed by atoms with E-state index in [0.717, 1.165) is 27.9 Å². The summed E-state index contributed by atoms with van der Waals surface area (Å²) in [6, 6.07) is 26.4. The number of carboxylic acids is 1. The number of benzene rings is 4. The van der Waals surface area contributed by atoms with Crippen LogP contribution in [0.4, 0.5) is 0 Å². The number of carbonyl (C=O) groups is 1. The number of aromatic nitrogens is 2. The molecule has 0 aliphatic rings. The standard InChI is InChI=1S/C31H22Cl2N2O4S/c1-40(38,39)26-4-2-3-23(17-26)21-8-5-20(6-9-21)7-16-30-34-29(24-12-15-27(32)28(33)18-24)19-35(30)25-13-10-22(11-14-25)31(36)37/h2-19H,1H3,(H,36,37). The second-order valence-electron chi connectivity index (χ2n) is 9.09. The lowest BCUT2D eigenvalue weighted by Gasteiger charge is -2.06. The van der Waals surface area contributed by atoms with Crippen molar-refractivity contribution in [3.8, 4) is 28.1 Å². The Morgan fingerprint density at radius 2 is 1.52 bits per heavy atom. The van der Waals surface area contributed by atoms with Crippen LogP contribution in [0.1, 0.15) is 21.7 Å². The molecule has 4 aromatic carbocycles. The molecule has 0 aliphatic heterocycles. The first-order valence-electron chi connectivity index (χ1n) is 12.1. The van der Waals surface area contributed by atoms with Crippen LogP contribution in [0.15, 0.2) is 102 Å². The Hall–Kier alpha value is -4.17. The monoisotopic (exact) mass is 588 g/mol. The third-order valence-electron chi connectivity index (χ3n) is 6.27. The fourth-order valence-electron chi connectivity index (χ4n) is 4.14. The Labute approximate surface area is 241 Å². The van der Waals surface area contributed by atoms with Crippen molar-refractivity contribution >= 4 is 51.2 Å². The molecule has 1 aromatic heterocycles. The molecule has 9 heteroatoms. The molecule has 0 saturated heterocycles. The summed E-state index contributed by atoms with van der Waals surface area (Å²) in [5.74, 6) is -0.380. The summed E-state index contributed by atoms with van der Waals surface area (Å²) in [4.78, 5) is 16.4. The maximum absolute atomic E-state index is 11.9. The summed E-state index contributed by atoms with van der Waals surface area (Å²) in [5, 5.41) is 10.1. The molecule has 0 aliphatic carbocycles. The van der Waals surface area contributed by atoms with Gasteiger partial charge in [0.25, 0.3) is 0 Å². The van der Waals surface area contributed by atoms with Crippen molar-refractivity contribution in [2.45, 2.75) is 4.90 Å². The molecular formula is C31H22Cl2N2O4S. The first-order chi connectivity index (χ1) is 19.1. The van der Waals surface area contributed by atoms with Gasteiger partial charge in [0, 0.05) is 23.7 Å². The van der Waals surface area contributed by atoms with Gasteiger partial charge in [-0.3, -0.25) is 4.57 Å². The van der Waals surface area contributed by atoms with Gasteiger partial charge in [-0.15, -0.1) is 0 Å². The van der Waals surface area contributed by atoms with Gasteiger partial charge in [-0.05, 0) is 71.3 Å². The zero-order valence-electron chi connectivity index (χ0n) is 21.1. The first kappa shape index (κ1) is 27.4. The third-order valence-corrected chi connectivity index (χ3v) is 8.12. The number of imidazole rings is 1. The van der Waals surface area contributed by atoms with Crippen LogP contribution in [0.5, 0.6) is 0 Å². The topological polar surface area (TPSA) is 89.3 Å². The Balaban J connectivity index is 1.49. The summed E-state index contributed by atoms with van der Waals surface area (Å²) in [5.41, 5.74) is 4.99. The number of aromatic carboxylic acids is 1. The van der Waals surface area contributed by atoms with Crippen molar-refractivity contribution in [3.63, 3.8) is 0 Å². The van der Waals surface area contributed by atoms with Crippen LogP contribution in [0, 0.1) is 0 Å². The Morgan fingerprint density at radius 1 is 0.825 bits per heavy atom. The predicted octanol–water partition coefficient (Wildman–Crippen LogP) is 7.79. The van der Waals surface area contributed by atoms with E-state index >= 15 is 0 Å². The van der Waals surface area contributed by atoms with Crippen LogP contribution in [-0.4, -0.2) is 35.3 Å². The van der Waals surface area contributed by atoms with E-state index in [1.807, 2.05) is 59.3 Å². The van der Waals surface area contributed by atoms with Gasteiger partial charge in [0.05, 0.1) is 26.2 Å². The van der Waals surface area contributed by atoms with Crippen LogP contribution in [0.3, 0.4) is 0 Å². The summed E-state index contributed by atoms with van der Waals surface area (Å²) >= 11 is 12.3. The summed E-state index contributed by atoms with van der Waals surface area (Å²) in [7, 11) is -3.30. The summed E-state index contributed by atoms with van der Waals surface area (Å²) in [6.45, 7) is 0. The van der Waals surface area contributed by atoms with E-state index in [4.69, 9.17) is 28.2 Å². The molecular weight excluding hydrogens is 567 g/mol. The van der Waals surface area contributed by atoms with Crippen LogP contribution in [0.25, 0.3) is 40.2 Å². The lowest BCUT2D eigenvalue weighted by molar-refractivity contribution is 0.0697. The lowest BCUT2D eigenvalue weighted by atomic mass is 10.0. The minimum Gasteiger partial charge on any atom is -0.478 e. The molecule has 0 spiro atoms. The van der Waals surface area contributed by atoms with Crippen molar-refractivity contribution in [3.05, 3.63) is 124 Å². The highest BCUT2D eigenvalue weighted by Gasteiger charge is 2.12. The molecule has 6 nitrogen and oxygen atoms in total. The van der Waals surface area contributed by atoms with E-state index in [0.29, 0.717) is 21.6 Å². The van der Waals surface area contributed by atoms with Gasteiger partial charge in [-0.25, -0.2) is 18.2 Å². The number of rotatable bonds is 7. The van der Waals surface area contributed by atoms with Gasteiger partial charge in [0.15, 0.2) is 9.84 Å². The number of sulfone groups is 1. The highest BCUT2D eigenvalue weighted by Crippen LogP contribution is 2.30. The van der Waals surface area contributed by atoms with Gasteiger partial charge < -0.3 is 5.11 Å². The van der Waals surface area contributed by atoms with Crippen molar-refractivity contribution in [2.75, 3.05) is 6.26 Å². The van der Waals surface area contributed by atoms with E-state index in [2.05, 4.69) is 0 Å². The molecule has 0 fully saturated rings. The molecule has 1 N–H and O–H groups in total. The maximum atomic E-state index is 11.9. The number of halogens is 2. The molecule has 0 radical (unpaired) electrons. The van der Waals surface area contributed by atoms with E-state index in [1.165, 1.54) is 6.26 Å². The van der Waals surface area contributed by atoms with Gasteiger partial charge in [-0.2, -0.15) is 0 Å². The second kappa shape index (κ2) is 11.1. The van der Waals surface area contributed by atoms with Gasteiger partial charge >= 0.3 is 5.97 Å². The Kier molecular flexibility index (Phi) is 7.63. The second-order valence-corrected chi connectivity index (χ2v) is 11.9. The average Bonchev–Trinajstić information content (AvgIpc) is 3.37. The van der Waals surface area contributed by atoms with E-state index < -0.39 is 15.8 Å². The largest absolute Gasteiger partial charge is 0.478 e. The van der Waals surface area contributed by atoms with Crippen LogP contribution >= 0.6 is 23.2 Å². The number of carboxylic acid groups (broad SMARTS) is 1. The quantitative estimate of drug-likeness (QED) is 0.209. The normalized spacial score (nSPS) is 11.7. The van der Waals surface area contributed by atoms with Crippen molar-refractivity contribution in [2.24, 2.45) is 0 Å². The van der Waals surface area contributed by atoms with Gasteiger partial charge in [0.2, 0.25) is 0 Å². The smallest absolute Gasteiger partial charge is 0.335 e. The predicted molar refractivity (Wildman–Crippen MR) is 160 cm³/mol. The molecule has 0 atom stereocenters. The summed E-state index contributed by atoms with van der Waals surface area (Å²) < 4.78 is 25.7. The molecule has 40 heavy (non-hydrogen) atoms. The van der Waals surface area contributed by atoms with Crippen molar-refractivity contribution in [1.29, 1.82) is 0 Å². The zero-order chi connectivity index (χ0) is 28.4. The Morgan fingerprint density at radius 3 is 2.17 bits per heavy atom. The zero-order valence-corrected chi connectivity index (χ0v) is 23.5. The average molecular weight is 590 g/mol. The number of hydrogen-bond donors (Lipinski definition) is 1. The first-order valence-corrected chi connectivity index (χ1v) is 14.7. The highest BCUT2D eigenvalue weighted by molar-refractivity contribution is 7.90. The molecule has 0 amide bonds. The van der Waals surface area contributed by atoms with Gasteiger partial charge in [0.1, 0.15) is 5.82 Å². The third kappa shape index (κ3) is 6.02. The maximum Gasteiger partial charge on any atom is 0.335 e. The molecule has 0 unspecified atom stereocenters. The van der Waals surface area contributed by atoms with Gasteiger partial charge in [-0.1, -0.05) is 71.7 Å². The molecule has 0 bridgehead atoms. The fraction of sp³-hybridized carbons (Fsp3) is 0.0323. The van der Waals surface area contributed by atoms with Crippen molar-refractivity contribution < 1.29 is 18.3 Å². The van der Waals surface area contributed by atoms with Crippen LogP contribution < -0.4 is 0 Å². The molecule has 0 saturated carbocycles. The van der Waals surface area contributed by atoms with Crippen LogP contribution in [0.2, 0.25) is 10.0 Å². The van der Waals surface area contributed by atoms with E-state index in [1.54, 1.807) is 54.6 Å². The Bertz CT molecular complexity index is 1860. The fourth-order valence-corrected chi connectivity index (χ4v) is 5.11. The van der Waals surface area contributed by atoms with E-state index in [-0.39, 0.29) is 10.5 Å². The lowest BCUT2D eigenvalue weighted by Crippen LogP contribution is -1.99.